The first-order valence-electron chi connectivity index (χ1n) is 6.77. The lowest BCUT2D eigenvalue weighted by Gasteiger charge is -2.17. The number of sulfonamides is 1. The second-order valence-electron chi connectivity index (χ2n) is 4.56. The zero-order chi connectivity index (χ0) is 14.3. The van der Waals surface area contributed by atoms with Crippen molar-refractivity contribution >= 4 is 21.4 Å². The molecule has 0 amide bonds. The van der Waals surface area contributed by atoms with E-state index in [-0.39, 0.29) is 0 Å². The van der Waals surface area contributed by atoms with Crippen LogP contribution in [0.5, 0.6) is 0 Å². The molecule has 1 aromatic heterocycles. The summed E-state index contributed by atoms with van der Waals surface area (Å²) in [6.07, 6.45) is 2.93. The largest absolute Gasteiger partial charge is 0.312 e. The molecule has 0 spiro atoms. The molecule has 0 saturated heterocycles. The van der Waals surface area contributed by atoms with Gasteiger partial charge in [-0.05, 0) is 30.8 Å². The standard InChI is InChI=1S/C13H24N2O2S2/c1-4-6-9-15(3)19(16,17)13-7-10-18-12(13)11-14-8-5-2/h7,10,14H,4-6,8-9,11H2,1-3H3. The van der Waals surface area contributed by atoms with E-state index in [0.29, 0.717) is 18.0 Å². The van der Waals surface area contributed by atoms with Gasteiger partial charge in [-0.15, -0.1) is 11.3 Å². The van der Waals surface area contributed by atoms with E-state index in [9.17, 15) is 8.42 Å². The van der Waals surface area contributed by atoms with E-state index in [1.807, 2.05) is 5.38 Å². The molecule has 0 aliphatic heterocycles. The molecule has 0 aliphatic carbocycles. The minimum atomic E-state index is -3.33. The summed E-state index contributed by atoms with van der Waals surface area (Å²) in [5, 5.41) is 5.11. The molecule has 0 unspecified atom stereocenters. The SMILES string of the molecule is CCCCN(C)S(=O)(=O)c1ccsc1CNCCC. The Bertz CT molecular complexity index is 469. The van der Waals surface area contributed by atoms with Crippen molar-refractivity contribution in [3.05, 3.63) is 16.3 Å². The summed E-state index contributed by atoms with van der Waals surface area (Å²) in [5.74, 6) is 0. The predicted octanol–water partition coefficient (Wildman–Crippen LogP) is 2.67. The molecule has 0 aliphatic rings. The molecule has 0 atom stereocenters. The molecule has 1 N–H and O–H groups in total. The average molecular weight is 304 g/mol. The van der Waals surface area contributed by atoms with Crippen molar-refractivity contribution in [1.82, 2.24) is 9.62 Å². The normalized spacial score (nSPS) is 12.2. The summed E-state index contributed by atoms with van der Waals surface area (Å²) in [6.45, 7) is 6.27. The van der Waals surface area contributed by atoms with Gasteiger partial charge in [0.1, 0.15) is 0 Å². The van der Waals surface area contributed by atoms with Gasteiger partial charge in [0.15, 0.2) is 0 Å². The summed E-state index contributed by atoms with van der Waals surface area (Å²) in [4.78, 5) is 1.36. The van der Waals surface area contributed by atoms with E-state index < -0.39 is 10.0 Å². The van der Waals surface area contributed by atoms with E-state index in [1.165, 1.54) is 15.6 Å². The van der Waals surface area contributed by atoms with Crippen LogP contribution in [0.15, 0.2) is 16.3 Å². The van der Waals surface area contributed by atoms with Crippen LogP contribution in [0.25, 0.3) is 0 Å². The molecule has 0 radical (unpaired) electrons. The molecular weight excluding hydrogens is 280 g/mol. The van der Waals surface area contributed by atoms with E-state index in [0.717, 1.165) is 30.7 Å². The maximum absolute atomic E-state index is 12.5. The van der Waals surface area contributed by atoms with Gasteiger partial charge in [0, 0.05) is 25.0 Å². The molecule has 0 saturated carbocycles. The molecule has 1 rings (SSSR count). The van der Waals surface area contributed by atoms with Crippen molar-refractivity contribution in [3.63, 3.8) is 0 Å². The number of nitrogens with zero attached hydrogens (tertiary/aromatic N) is 1. The minimum Gasteiger partial charge on any atom is -0.312 e. The topological polar surface area (TPSA) is 49.4 Å². The third-order valence-electron chi connectivity index (χ3n) is 2.93. The van der Waals surface area contributed by atoms with Crippen molar-refractivity contribution in [1.29, 1.82) is 0 Å². The summed E-state index contributed by atoms with van der Waals surface area (Å²) in [6, 6.07) is 1.71. The molecular formula is C13H24N2O2S2. The summed E-state index contributed by atoms with van der Waals surface area (Å²) < 4.78 is 26.4. The Morgan fingerprint density at radius 2 is 2.05 bits per heavy atom. The van der Waals surface area contributed by atoms with E-state index in [4.69, 9.17) is 0 Å². The Hall–Kier alpha value is -0.430. The smallest absolute Gasteiger partial charge is 0.243 e. The zero-order valence-electron chi connectivity index (χ0n) is 12.0. The summed E-state index contributed by atoms with van der Waals surface area (Å²) in [7, 11) is -1.67. The van der Waals surface area contributed by atoms with E-state index >= 15 is 0 Å². The van der Waals surface area contributed by atoms with Crippen LogP contribution < -0.4 is 5.32 Å². The van der Waals surface area contributed by atoms with Crippen LogP contribution in [-0.4, -0.2) is 32.9 Å². The first kappa shape index (κ1) is 16.6. The lowest BCUT2D eigenvalue weighted by Crippen LogP contribution is -2.28. The molecule has 4 nitrogen and oxygen atoms in total. The molecule has 1 heterocycles. The van der Waals surface area contributed by atoms with Crippen LogP contribution in [0.2, 0.25) is 0 Å². The number of thiophene rings is 1. The first-order valence-corrected chi connectivity index (χ1v) is 9.09. The van der Waals surface area contributed by atoms with Gasteiger partial charge in [-0.3, -0.25) is 0 Å². The van der Waals surface area contributed by atoms with Crippen LogP contribution in [0, 0.1) is 0 Å². The Labute approximate surface area is 120 Å². The highest BCUT2D eigenvalue weighted by atomic mass is 32.2. The maximum Gasteiger partial charge on any atom is 0.243 e. The average Bonchev–Trinajstić information content (AvgIpc) is 2.85. The van der Waals surface area contributed by atoms with Crippen LogP contribution in [0.1, 0.15) is 38.0 Å². The van der Waals surface area contributed by atoms with Gasteiger partial charge >= 0.3 is 0 Å². The van der Waals surface area contributed by atoms with E-state index in [1.54, 1.807) is 13.1 Å². The van der Waals surface area contributed by atoms with Crippen LogP contribution >= 0.6 is 11.3 Å². The Morgan fingerprint density at radius 1 is 1.32 bits per heavy atom. The molecule has 110 valence electrons. The summed E-state index contributed by atoms with van der Waals surface area (Å²) in [5.41, 5.74) is 0. The predicted molar refractivity (Wildman–Crippen MR) is 81.0 cm³/mol. The lowest BCUT2D eigenvalue weighted by molar-refractivity contribution is 0.458. The fourth-order valence-corrected chi connectivity index (χ4v) is 4.32. The van der Waals surface area contributed by atoms with Gasteiger partial charge in [-0.25, -0.2) is 12.7 Å². The van der Waals surface area contributed by atoms with Gasteiger partial charge in [0.2, 0.25) is 10.0 Å². The molecule has 0 aromatic carbocycles. The number of nitrogens with one attached hydrogen (secondary N) is 1. The van der Waals surface area contributed by atoms with Crippen molar-refractivity contribution in [2.75, 3.05) is 20.1 Å². The fourth-order valence-electron chi connectivity index (χ4n) is 1.74. The number of unbranched alkanes of at least 4 members (excludes halogenated alkanes) is 1. The maximum atomic E-state index is 12.5. The number of hydrogen-bond donors (Lipinski definition) is 1. The fraction of sp³-hybridized carbons (Fsp3) is 0.692. The Morgan fingerprint density at radius 3 is 2.68 bits per heavy atom. The third kappa shape index (κ3) is 4.56. The highest BCUT2D eigenvalue weighted by Gasteiger charge is 2.24. The van der Waals surface area contributed by atoms with Crippen LogP contribution in [0.3, 0.4) is 0 Å². The van der Waals surface area contributed by atoms with Crippen LogP contribution in [-0.2, 0) is 16.6 Å². The van der Waals surface area contributed by atoms with Crippen molar-refractivity contribution in [3.8, 4) is 0 Å². The monoisotopic (exact) mass is 304 g/mol. The zero-order valence-corrected chi connectivity index (χ0v) is 13.6. The van der Waals surface area contributed by atoms with Gasteiger partial charge in [-0.1, -0.05) is 20.3 Å². The van der Waals surface area contributed by atoms with Gasteiger partial charge in [0.25, 0.3) is 0 Å². The van der Waals surface area contributed by atoms with Gasteiger partial charge < -0.3 is 5.32 Å². The summed E-state index contributed by atoms with van der Waals surface area (Å²) >= 11 is 1.50. The minimum absolute atomic E-state index is 0.458. The lowest BCUT2D eigenvalue weighted by atomic mass is 10.3. The highest BCUT2D eigenvalue weighted by Crippen LogP contribution is 2.24. The Balaban J connectivity index is 2.80. The molecule has 6 heteroatoms. The first-order chi connectivity index (χ1) is 9.04. The molecule has 0 bridgehead atoms. The van der Waals surface area contributed by atoms with E-state index in [2.05, 4.69) is 19.2 Å². The number of rotatable bonds is 9. The van der Waals surface area contributed by atoms with Gasteiger partial charge in [0.05, 0.1) is 4.90 Å². The highest BCUT2D eigenvalue weighted by molar-refractivity contribution is 7.89. The van der Waals surface area contributed by atoms with Crippen LogP contribution in [0.4, 0.5) is 0 Å². The van der Waals surface area contributed by atoms with Crippen molar-refractivity contribution in [2.45, 2.75) is 44.6 Å². The molecule has 1 aromatic rings. The second-order valence-corrected chi connectivity index (χ2v) is 7.58. The number of hydrogen-bond acceptors (Lipinski definition) is 4. The molecule has 19 heavy (non-hydrogen) atoms. The molecule has 0 fully saturated rings. The quantitative estimate of drug-likeness (QED) is 0.714. The second kappa shape index (κ2) is 7.99. The van der Waals surface area contributed by atoms with Gasteiger partial charge in [-0.2, -0.15) is 0 Å². The van der Waals surface area contributed by atoms with Crippen molar-refractivity contribution < 1.29 is 8.42 Å². The third-order valence-corrected chi connectivity index (χ3v) is 5.92. The van der Waals surface area contributed by atoms with Crippen molar-refractivity contribution in [2.24, 2.45) is 0 Å². The Kier molecular flexibility index (Phi) is 6.99.